The van der Waals surface area contributed by atoms with Gasteiger partial charge in [-0.25, -0.2) is 0 Å². The van der Waals surface area contributed by atoms with Gasteiger partial charge in [0.25, 0.3) is 0 Å². The Morgan fingerprint density at radius 3 is 1.06 bits per heavy atom. The Bertz CT molecular complexity index is 212. The summed E-state index contributed by atoms with van der Waals surface area (Å²) < 4.78 is 0. The molecule has 2 N–H and O–H groups in total. The second-order valence-corrected chi connectivity index (χ2v) is 3.19. The third-order valence-corrected chi connectivity index (χ3v) is 1.38. The Hall–Kier alpha value is -1.72. The molecule has 0 aliphatic rings. The highest BCUT2D eigenvalue weighted by atomic mass is 16.4. The fraction of sp³-hybridized carbons (Fsp3) is 0.600. The first-order valence-corrected chi connectivity index (χ1v) is 4.68. The molecule has 0 amide bonds. The topological polar surface area (TPSA) is 109 Å². The molecule has 16 heavy (non-hydrogen) atoms. The van der Waals surface area contributed by atoms with Crippen molar-refractivity contribution in [3.05, 3.63) is 0 Å². The number of hydrogen-bond donors (Lipinski definition) is 2. The van der Waals surface area contributed by atoms with Crippen molar-refractivity contribution in [1.82, 2.24) is 0 Å². The van der Waals surface area contributed by atoms with Crippen LogP contribution in [0.1, 0.15) is 39.5 Å². The second kappa shape index (κ2) is 9.82. The molecule has 0 radical (unpaired) electrons. The van der Waals surface area contributed by atoms with Crippen molar-refractivity contribution in [2.75, 3.05) is 0 Å². The van der Waals surface area contributed by atoms with Gasteiger partial charge < -0.3 is 19.8 Å². The number of carbonyl (C=O) groups excluding carboxylic acids is 2. The number of ketones is 2. The quantitative estimate of drug-likeness (QED) is 0.703. The molecule has 0 aliphatic heterocycles. The van der Waals surface area contributed by atoms with Crippen molar-refractivity contribution >= 4 is 23.5 Å². The average Bonchev–Trinajstić information content (AvgIpc) is 2.12. The largest absolute Gasteiger partial charge is 0.481 e. The first-order chi connectivity index (χ1) is 7.25. The Morgan fingerprint density at radius 1 is 0.688 bits per heavy atom. The summed E-state index contributed by atoms with van der Waals surface area (Å²) in [7, 11) is 0. The van der Waals surface area contributed by atoms with E-state index in [-0.39, 0.29) is 24.4 Å². The Balaban J connectivity index is 0. The van der Waals surface area contributed by atoms with Gasteiger partial charge in [0, 0.05) is 12.8 Å². The summed E-state index contributed by atoms with van der Waals surface area (Å²) in [5.74, 6) is -1.99. The molecule has 0 aromatic carbocycles. The molecule has 6 heteroatoms. The van der Waals surface area contributed by atoms with Gasteiger partial charge in [-0.1, -0.05) is 0 Å². The minimum atomic E-state index is -1.08. The number of Topliss-reactive ketones (excluding diaryl/α,β-unsaturated/α-hetero) is 2. The Kier molecular flexibility index (Phi) is 10.3. The van der Waals surface area contributed by atoms with Gasteiger partial charge in [0.1, 0.15) is 11.6 Å². The van der Waals surface area contributed by atoms with Crippen LogP contribution in [0.15, 0.2) is 0 Å². The number of carbonyl (C=O) groups is 4. The predicted molar refractivity (Wildman–Crippen MR) is 55.1 cm³/mol. The van der Waals surface area contributed by atoms with Crippen molar-refractivity contribution in [3.63, 3.8) is 0 Å². The van der Waals surface area contributed by atoms with E-state index in [4.69, 9.17) is 10.2 Å². The molecule has 0 rings (SSSR count). The van der Waals surface area contributed by atoms with Crippen molar-refractivity contribution in [2.24, 2.45) is 0 Å². The standard InChI is InChI=1S/C6H10O2.C4H6O4/c1-5(7)3-4-6(2)8;5-3(6)1-2-4(7)8/h3-4H2,1-2H3;1-2H2,(H,5,6)(H,7,8). The summed E-state index contributed by atoms with van der Waals surface area (Å²) in [6, 6.07) is 0. The molecule has 0 heterocycles. The van der Waals surface area contributed by atoms with Crippen molar-refractivity contribution in [1.29, 1.82) is 0 Å². The van der Waals surface area contributed by atoms with E-state index in [1.54, 1.807) is 0 Å². The maximum atomic E-state index is 10.2. The smallest absolute Gasteiger partial charge is 0.303 e. The van der Waals surface area contributed by atoms with Gasteiger partial charge in [-0.3, -0.25) is 9.59 Å². The van der Waals surface area contributed by atoms with Crippen LogP contribution < -0.4 is 0 Å². The van der Waals surface area contributed by atoms with Crippen LogP contribution in [0.25, 0.3) is 0 Å². The predicted octanol–water partition coefficient (Wildman–Crippen LogP) is 0.880. The Labute approximate surface area is 93.3 Å². The van der Waals surface area contributed by atoms with Crippen LogP contribution in [0.2, 0.25) is 0 Å². The van der Waals surface area contributed by atoms with Crippen LogP contribution in [-0.2, 0) is 19.2 Å². The first-order valence-electron chi connectivity index (χ1n) is 4.68. The van der Waals surface area contributed by atoms with E-state index >= 15 is 0 Å². The van der Waals surface area contributed by atoms with Crippen molar-refractivity contribution in [3.8, 4) is 0 Å². The van der Waals surface area contributed by atoms with Crippen LogP contribution in [0.3, 0.4) is 0 Å². The molecule has 0 aromatic heterocycles. The minimum absolute atomic E-state index is 0.0835. The third-order valence-electron chi connectivity index (χ3n) is 1.38. The van der Waals surface area contributed by atoms with Gasteiger partial charge in [-0.15, -0.1) is 0 Å². The number of rotatable bonds is 6. The normalized spacial score (nSPS) is 8.62. The SMILES string of the molecule is CC(=O)CCC(C)=O.O=C(O)CCC(=O)O. The van der Waals surface area contributed by atoms with Crippen LogP contribution in [0.5, 0.6) is 0 Å². The first kappa shape index (κ1) is 16.7. The molecule has 0 atom stereocenters. The van der Waals surface area contributed by atoms with E-state index in [1.165, 1.54) is 13.8 Å². The molecule has 0 bridgehead atoms. The lowest BCUT2D eigenvalue weighted by Crippen LogP contribution is -2.00. The van der Waals surface area contributed by atoms with Gasteiger partial charge in [0.05, 0.1) is 12.8 Å². The maximum absolute atomic E-state index is 10.2. The molecule has 0 fully saturated rings. The zero-order valence-corrected chi connectivity index (χ0v) is 9.36. The highest BCUT2D eigenvalue weighted by Crippen LogP contribution is 1.89. The molecule has 6 nitrogen and oxygen atoms in total. The summed E-state index contributed by atoms with van der Waals surface area (Å²) in [5.41, 5.74) is 0. The Morgan fingerprint density at radius 2 is 0.938 bits per heavy atom. The summed E-state index contributed by atoms with van der Waals surface area (Å²) in [6.45, 7) is 2.98. The third kappa shape index (κ3) is 22.8. The number of aliphatic carboxylic acids is 2. The zero-order valence-electron chi connectivity index (χ0n) is 9.36. The van der Waals surface area contributed by atoms with Gasteiger partial charge in [0.15, 0.2) is 0 Å². The van der Waals surface area contributed by atoms with E-state index in [0.717, 1.165) is 0 Å². The van der Waals surface area contributed by atoms with Gasteiger partial charge in [-0.2, -0.15) is 0 Å². The lowest BCUT2D eigenvalue weighted by Gasteiger charge is -1.86. The summed E-state index contributed by atoms with van der Waals surface area (Å²) in [5, 5.41) is 15.8. The highest BCUT2D eigenvalue weighted by molar-refractivity contribution is 5.83. The fourth-order valence-corrected chi connectivity index (χ4v) is 0.566. The fourth-order valence-electron chi connectivity index (χ4n) is 0.566. The number of carboxylic acid groups (broad SMARTS) is 2. The lowest BCUT2D eigenvalue weighted by atomic mass is 10.2. The molecule has 92 valence electrons. The molecular formula is C10H16O6. The molecular weight excluding hydrogens is 216 g/mol. The monoisotopic (exact) mass is 232 g/mol. The lowest BCUT2D eigenvalue weighted by molar-refractivity contribution is -0.143. The van der Waals surface area contributed by atoms with Crippen molar-refractivity contribution in [2.45, 2.75) is 39.5 Å². The van der Waals surface area contributed by atoms with E-state index in [0.29, 0.717) is 12.8 Å². The molecule has 0 saturated carbocycles. The van der Waals surface area contributed by atoms with E-state index in [1.807, 2.05) is 0 Å². The van der Waals surface area contributed by atoms with Gasteiger partial charge >= 0.3 is 11.9 Å². The highest BCUT2D eigenvalue weighted by Gasteiger charge is 2.00. The van der Waals surface area contributed by atoms with E-state index in [2.05, 4.69) is 0 Å². The molecule has 0 unspecified atom stereocenters. The van der Waals surface area contributed by atoms with Crippen LogP contribution >= 0.6 is 0 Å². The van der Waals surface area contributed by atoms with Gasteiger partial charge in [0.2, 0.25) is 0 Å². The van der Waals surface area contributed by atoms with Gasteiger partial charge in [-0.05, 0) is 13.8 Å². The van der Waals surface area contributed by atoms with E-state index in [9.17, 15) is 19.2 Å². The summed E-state index contributed by atoms with van der Waals surface area (Å²) >= 11 is 0. The summed E-state index contributed by atoms with van der Waals surface area (Å²) in [4.78, 5) is 39.7. The molecule has 0 saturated heterocycles. The van der Waals surface area contributed by atoms with Crippen LogP contribution in [0.4, 0.5) is 0 Å². The molecule has 0 spiro atoms. The number of carboxylic acids is 2. The molecule has 0 aliphatic carbocycles. The van der Waals surface area contributed by atoms with Crippen LogP contribution in [0, 0.1) is 0 Å². The number of hydrogen-bond acceptors (Lipinski definition) is 4. The minimum Gasteiger partial charge on any atom is -0.481 e. The summed E-state index contributed by atoms with van der Waals surface area (Å²) in [6.07, 6.45) is 0.204. The second-order valence-electron chi connectivity index (χ2n) is 3.19. The average molecular weight is 232 g/mol. The van der Waals surface area contributed by atoms with Crippen molar-refractivity contribution < 1.29 is 29.4 Å². The molecule has 0 aromatic rings. The maximum Gasteiger partial charge on any atom is 0.303 e. The zero-order chi connectivity index (χ0) is 13.1. The van der Waals surface area contributed by atoms with Crippen LogP contribution in [-0.4, -0.2) is 33.7 Å². The van der Waals surface area contributed by atoms with E-state index < -0.39 is 11.9 Å².